The van der Waals surface area contributed by atoms with Gasteiger partial charge in [-0.25, -0.2) is 0 Å². The highest BCUT2D eigenvalue weighted by atomic mass is 16.3. The standard InChI is InChI=1S/C14H23NO3/c1-10-11(2)13(18)15(12(10)17)8-14(9-16)6-4-3-5-7-14/h10-11,16H,3-9H2,1-2H3. The fraction of sp³-hybridized carbons (Fsp3) is 0.857. The smallest absolute Gasteiger partial charge is 0.232 e. The molecular weight excluding hydrogens is 230 g/mol. The molecule has 1 heterocycles. The molecule has 0 aromatic rings. The molecule has 4 nitrogen and oxygen atoms in total. The van der Waals surface area contributed by atoms with Gasteiger partial charge in [0, 0.05) is 23.8 Å². The van der Waals surface area contributed by atoms with Crippen LogP contribution in [0.25, 0.3) is 0 Å². The molecule has 0 aromatic heterocycles. The molecule has 18 heavy (non-hydrogen) atoms. The van der Waals surface area contributed by atoms with Crippen molar-refractivity contribution < 1.29 is 14.7 Å². The summed E-state index contributed by atoms with van der Waals surface area (Å²) >= 11 is 0. The largest absolute Gasteiger partial charge is 0.396 e. The predicted molar refractivity (Wildman–Crippen MR) is 67.7 cm³/mol. The summed E-state index contributed by atoms with van der Waals surface area (Å²) in [5.41, 5.74) is -0.243. The van der Waals surface area contributed by atoms with Crippen molar-refractivity contribution in [3.05, 3.63) is 0 Å². The molecule has 0 radical (unpaired) electrons. The van der Waals surface area contributed by atoms with Crippen LogP contribution in [-0.4, -0.2) is 35.0 Å². The number of aliphatic hydroxyl groups excluding tert-OH is 1. The first-order valence-electron chi connectivity index (χ1n) is 6.97. The van der Waals surface area contributed by atoms with E-state index in [9.17, 15) is 14.7 Å². The zero-order valence-electron chi connectivity index (χ0n) is 11.3. The number of nitrogens with zero attached hydrogens (tertiary/aromatic N) is 1. The fourth-order valence-electron chi connectivity index (χ4n) is 3.19. The molecule has 1 aliphatic heterocycles. The van der Waals surface area contributed by atoms with Gasteiger partial charge < -0.3 is 5.11 Å². The van der Waals surface area contributed by atoms with Gasteiger partial charge in [0.15, 0.2) is 0 Å². The summed E-state index contributed by atoms with van der Waals surface area (Å²) in [5, 5.41) is 9.66. The lowest BCUT2D eigenvalue weighted by atomic mass is 9.74. The molecular formula is C14H23NO3. The van der Waals surface area contributed by atoms with E-state index in [1.807, 2.05) is 13.8 Å². The molecule has 1 saturated carbocycles. The van der Waals surface area contributed by atoms with Gasteiger partial charge in [-0.2, -0.15) is 0 Å². The van der Waals surface area contributed by atoms with Gasteiger partial charge >= 0.3 is 0 Å². The van der Waals surface area contributed by atoms with Crippen LogP contribution in [0.2, 0.25) is 0 Å². The maximum Gasteiger partial charge on any atom is 0.232 e. The summed E-state index contributed by atoms with van der Waals surface area (Å²) in [6, 6.07) is 0. The van der Waals surface area contributed by atoms with Crippen LogP contribution in [0, 0.1) is 17.3 Å². The Labute approximate surface area is 108 Å². The van der Waals surface area contributed by atoms with E-state index in [0.29, 0.717) is 6.54 Å². The quantitative estimate of drug-likeness (QED) is 0.777. The zero-order valence-corrected chi connectivity index (χ0v) is 11.3. The predicted octanol–water partition coefficient (Wildman–Crippen LogP) is 1.57. The first kappa shape index (κ1) is 13.5. The minimum absolute atomic E-state index is 0.0640. The molecule has 2 fully saturated rings. The fourth-order valence-corrected chi connectivity index (χ4v) is 3.19. The van der Waals surface area contributed by atoms with Gasteiger partial charge in [-0.3, -0.25) is 14.5 Å². The summed E-state index contributed by atoms with van der Waals surface area (Å²) in [5.74, 6) is -0.550. The van der Waals surface area contributed by atoms with Crippen LogP contribution in [-0.2, 0) is 9.59 Å². The van der Waals surface area contributed by atoms with Crippen LogP contribution in [0.15, 0.2) is 0 Å². The molecule has 4 heteroatoms. The third-order valence-electron chi connectivity index (χ3n) is 4.80. The second-order valence-corrected chi connectivity index (χ2v) is 6.06. The first-order chi connectivity index (χ1) is 8.51. The zero-order chi connectivity index (χ0) is 13.3. The van der Waals surface area contributed by atoms with E-state index in [4.69, 9.17) is 0 Å². The van der Waals surface area contributed by atoms with Crippen molar-refractivity contribution >= 4 is 11.8 Å². The minimum Gasteiger partial charge on any atom is -0.396 e. The van der Waals surface area contributed by atoms with E-state index in [1.54, 1.807) is 0 Å². The second kappa shape index (κ2) is 5.00. The van der Waals surface area contributed by atoms with Gasteiger partial charge in [0.2, 0.25) is 11.8 Å². The van der Waals surface area contributed by atoms with Gasteiger partial charge in [-0.1, -0.05) is 33.1 Å². The topological polar surface area (TPSA) is 57.6 Å². The number of imide groups is 1. The average molecular weight is 253 g/mol. The number of carbonyl (C=O) groups is 2. The maximum absolute atomic E-state index is 12.1. The lowest BCUT2D eigenvalue weighted by molar-refractivity contribution is -0.142. The van der Waals surface area contributed by atoms with Crippen LogP contribution in [0.1, 0.15) is 46.0 Å². The Bertz CT molecular complexity index is 327. The molecule has 2 atom stereocenters. The number of hydrogen-bond acceptors (Lipinski definition) is 3. The molecule has 102 valence electrons. The average Bonchev–Trinajstić information content (AvgIpc) is 2.58. The van der Waals surface area contributed by atoms with Gasteiger partial charge in [-0.15, -0.1) is 0 Å². The van der Waals surface area contributed by atoms with Crippen molar-refractivity contribution in [3.63, 3.8) is 0 Å². The van der Waals surface area contributed by atoms with Crippen LogP contribution in [0.3, 0.4) is 0 Å². The van der Waals surface area contributed by atoms with Crippen molar-refractivity contribution in [2.75, 3.05) is 13.2 Å². The molecule has 2 unspecified atom stereocenters. The van der Waals surface area contributed by atoms with Crippen LogP contribution >= 0.6 is 0 Å². The Morgan fingerprint density at radius 3 is 2.06 bits per heavy atom. The highest BCUT2D eigenvalue weighted by Gasteiger charge is 2.46. The number of aliphatic hydroxyl groups is 1. The molecule has 0 bridgehead atoms. The van der Waals surface area contributed by atoms with Crippen molar-refractivity contribution in [1.29, 1.82) is 0 Å². The normalized spacial score (nSPS) is 32.1. The Morgan fingerprint density at radius 2 is 1.61 bits per heavy atom. The minimum atomic E-state index is -0.243. The van der Waals surface area contributed by atoms with E-state index in [1.165, 1.54) is 11.3 Å². The number of amides is 2. The Balaban J connectivity index is 2.12. The number of hydrogen-bond donors (Lipinski definition) is 1. The van der Waals surface area contributed by atoms with E-state index in [2.05, 4.69) is 0 Å². The summed E-state index contributed by atoms with van der Waals surface area (Å²) in [6.45, 7) is 4.12. The lowest BCUT2D eigenvalue weighted by Crippen LogP contribution is -2.44. The van der Waals surface area contributed by atoms with Crippen molar-refractivity contribution in [3.8, 4) is 0 Å². The van der Waals surface area contributed by atoms with Gasteiger partial charge in [0.25, 0.3) is 0 Å². The first-order valence-corrected chi connectivity index (χ1v) is 6.97. The Kier molecular flexibility index (Phi) is 3.76. The monoisotopic (exact) mass is 253 g/mol. The maximum atomic E-state index is 12.1. The third-order valence-corrected chi connectivity index (χ3v) is 4.80. The van der Waals surface area contributed by atoms with Crippen LogP contribution in [0.5, 0.6) is 0 Å². The van der Waals surface area contributed by atoms with Gasteiger partial charge in [-0.05, 0) is 12.8 Å². The number of rotatable bonds is 3. The summed E-state index contributed by atoms with van der Waals surface area (Å²) < 4.78 is 0. The lowest BCUT2D eigenvalue weighted by Gasteiger charge is -2.38. The summed E-state index contributed by atoms with van der Waals surface area (Å²) in [4.78, 5) is 25.6. The SMILES string of the molecule is CC1C(=O)N(CC2(CO)CCCCC2)C(=O)C1C. The molecule has 1 saturated heterocycles. The Hall–Kier alpha value is -0.900. The summed E-state index contributed by atoms with van der Waals surface area (Å²) in [7, 11) is 0. The van der Waals surface area contributed by atoms with E-state index in [0.717, 1.165) is 25.7 Å². The number of carbonyl (C=O) groups excluding carboxylic acids is 2. The van der Waals surface area contributed by atoms with E-state index in [-0.39, 0.29) is 35.7 Å². The highest BCUT2D eigenvalue weighted by molar-refractivity contribution is 6.04. The molecule has 2 aliphatic rings. The van der Waals surface area contributed by atoms with Crippen molar-refractivity contribution in [1.82, 2.24) is 4.90 Å². The Morgan fingerprint density at radius 1 is 1.11 bits per heavy atom. The van der Waals surface area contributed by atoms with Crippen molar-refractivity contribution in [2.24, 2.45) is 17.3 Å². The van der Waals surface area contributed by atoms with Gasteiger partial charge in [0.1, 0.15) is 0 Å². The molecule has 0 aromatic carbocycles. The van der Waals surface area contributed by atoms with Gasteiger partial charge in [0.05, 0.1) is 6.61 Å². The molecule has 2 rings (SSSR count). The second-order valence-electron chi connectivity index (χ2n) is 6.06. The molecule has 1 aliphatic carbocycles. The van der Waals surface area contributed by atoms with Crippen LogP contribution < -0.4 is 0 Å². The van der Waals surface area contributed by atoms with Crippen molar-refractivity contribution in [2.45, 2.75) is 46.0 Å². The third kappa shape index (κ3) is 2.18. The highest BCUT2D eigenvalue weighted by Crippen LogP contribution is 2.38. The number of likely N-dealkylation sites (tertiary alicyclic amines) is 1. The van der Waals surface area contributed by atoms with Crippen LogP contribution in [0.4, 0.5) is 0 Å². The van der Waals surface area contributed by atoms with E-state index < -0.39 is 0 Å². The summed E-state index contributed by atoms with van der Waals surface area (Å²) in [6.07, 6.45) is 5.20. The molecule has 2 amide bonds. The molecule has 1 N–H and O–H groups in total. The molecule has 0 spiro atoms. The van der Waals surface area contributed by atoms with E-state index >= 15 is 0 Å².